The average molecular weight is 289 g/mol. The third kappa shape index (κ3) is 4.56. The maximum Gasteiger partial charge on any atom is 0.253 e. The number of amides is 2. The Morgan fingerprint density at radius 1 is 1.24 bits per heavy atom. The molecular formula is C16H23N3O2. The van der Waals surface area contributed by atoms with Crippen LogP contribution in [0.1, 0.15) is 36.0 Å². The molecule has 114 valence electrons. The van der Waals surface area contributed by atoms with Gasteiger partial charge in [-0.1, -0.05) is 12.1 Å². The second kappa shape index (κ2) is 7.78. The van der Waals surface area contributed by atoms with Gasteiger partial charge in [-0.3, -0.25) is 9.59 Å². The molecule has 1 aliphatic heterocycles. The van der Waals surface area contributed by atoms with Crippen LogP contribution in [0.3, 0.4) is 0 Å². The summed E-state index contributed by atoms with van der Waals surface area (Å²) >= 11 is 0. The van der Waals surface area contributed by atoms with Crippen LogP contribution in [0.15, 0.2) is 24.3 Å². The largest absolute Gasteiger partial charge is 0.355 e. The molecule has 0 aromatic heterocycles. The van der Waals surface area contributed by atoms with E-state index < -0.39 is 0 Å². The SMILES string of the molecule is CNC(=O)c1ccccc1NC(=O)CCC1CCNCC1. The van der Waals surface area contributed by atoms with E-state index in [2.05, 4.69) is 16.0 Å². The standard InChI is InChI=1S/C16H23N3O2/c1-17-16(21)13-4-2-3-5-14(13)19-15(20)7-6-12-8-10-18-11-9-12/h2-5,12,18H,6-11H2,1H3,(H,17,21)(H,19,20). The van der Waals surface area contributed by atoms with Crippen molar-refractivity contribution in [2.45, 2.75) is 25.7 Å². The molecule has 1 fully saturated rings. The molecule has 3 N–H and O–H groups in total. The maximum atomic E-state index is 12.1. The average Bonchev–Trinajstić information content (AvgIpc) is 2.54. The molecule has 0 spiro atoms. The van der Waals surface area contributed by atoms with Gasteiger partial charge < -0.3 is 16.0 Å². The van der Waals surface area contributed by atoms with E-state index in [9.17, 15) is 9.59 Å². The van der Waals surface area contributed by atoms with Crippen molar-refractivity contribution >= 4 is 17.5 Å². The molecule has 2 amide bonds. The van der Waals surface area contributed by atoms with Crippen molar-refractivity contribution in [3.63, 3.8) is 0 Å². The van der Waals surface area contributed by atoms with Crippen molar-refractivity contribution in [3.8, 4) is 0 Å². The summed E-state index contributed by atoms with van der Waals surface area (Å²) in [4.78, 5) is 23.8. The molecule has 0 atom stereocenters. The Labute approximate surface area is 125 Å². The van der Waals surface area contributed by atoms with Crippen LogP contribution < -0.4 is 16.0 Å². The van der Waals surface area contributed by atoms with Gasteiger partial charge in [0.25, 0.3) is 5.91 Å². The molecule has 1 aliphatic rings. The predicted octanol–water partition coefficient (Wildman–Crippen LogP) is 1.76. The highest BCUT2D eigenvalue weighted by Gasteiger charge is 2.16. The first-order chi connectivity index (χ1) is 10.2. The van der Waals surface area contributed by atoms with Crippen LogP contribution in [0.5, 0.6) is 0 Å². The van der Waals surface area contributed by atoms with Crippen molar-refractivity contribution in [2.24, 2.45) is 5.92 Å². The number of para-hydroxylation sites is 1. The molecule has 5 nitrogen and oxygen atoms in total. The summed E-state index contributed by atoms with van der Waals surface area (Å²) in [6, 6.07) is 7.07. The summed E-state index contributed by atoms with van der Waals surface area (Å²) in [5.41, 5.74) is 1.07. The number of piperidine rings is 1. The van der Waals surface area contributed by atoms with Crippen LogP contribution >= 0.6 is 0 Å². The summed E-state index contributed by atoms with van der Waals surface area (Å²) in [5.74, 6) is 0.417. The molecule has 1 saturated heterocycles. The number of carbonyl (C=O) groups is 2. The van der Waals surface area contributed by atoms with Gasteiger partial charge in [-0.2, -0.15) is 0 Å². The summed E-state index contributed by atoms with van der Waals surface area (Å²) in [5, 5.41) is 8.75. The Bertz CT molecular complexity index is 496. The molecule has 0 saturated carbocycles. The molecular weight excluding hydrogens is 266 g/mol. The van der Waals surface area contributed by atoms with Crippen LogP contribution in [0.2, 0.25) is 0 Å². The second-order valence-corrected chi connectivity index (χ2v) is 5.40. The van der Waals surface area contributed by atoms with Gasteiger partial charge in [-0.05, 0) is 50.4 Å². The Balaban J connectivity index is 1.88. The van der Waals surface area contributed by atoms with E-state index in [4.69, 9.17) is 0 Å². The van der Waals surface area contributed by atoms with Crippen LogP contribution in [-0.4, -0.2) is 32.0 Å². The highest BCUT2D eigenvalue weighted by Crippen LogP contribution is 2.19. The molecule has 0 bridgehead atoms. The molecule has 0 radical (unpaired) electrons. The Morgan fingerprint density at radius 3 is 2.67 bits per heavy atom. The zero-order valence-electron chi connectivity index (χ0n) is 12.4. The minimum Gasteiger partial charge on any atom is -0.355 e. The number of hydrogen-bond donors (Lipinski definition) is 3. The molecule has 21 heavy (non-hydrogen) atoms. The van der Waals surface area contributed by atoms with Crippen molar-refractivity contribution in [1.82, 2.24) is 10.6 Å². The number of hydrogen-bond acceptors (Lipinski definition) is 3. The maximum absolute atomic E-state index is 12.1. The van der Waals surface area contributed by atoms with Crippen molar-refractivity contribution < 1.29 is 9.59 Å². The lowest BCUT2D eigenvalue weighted by atomic mass is 9.93. The van der Waals surface area contributed by atoms with Gasteiger partial charge in [0, 0.05) is 13.5 Å². The van der Waals surface area contributed by atoms with Crippen molar-refractivity contribution in [1.29, 1.82) is 0 Å². The molecule has 0 unspecified atom stereocenters. The summed E-state index contributed by atoms with van der Waals surface area (Å²) in [7, 11) is 1.58. The van der Waals surface area contributed by atoms with E-state index in [1.54, 1.807) is 25.2 Å². The van der Waals surface area contributed by atoms with E-state index >= 15 is 0 Å². The summed E-state index contributed by atoms with van der Waals surface area (Å²) in [6.45, 7) is 2.09. The molecule has 5 heteroatoms. The van der Waals surface area contributed by atoms with Crippen LogP contribution in [0, 0.1) is 5.92 Å². The number of anilines is 1. The highest BCUT2D eigenvalue weighted by atomic mass is 16.2. The zero-order chi connectivity index (χ0) is 15.1. The first-order valence-corrected chi connectivity index (χ1v) is 7.52. The molecule has 1 heterocycles. The number of rotatable bonds is 5. The topological polar surface area (TPSA) is 70.2 Å². The molecule has 0 aliphatic carbocycles. The van der Waals surface area contributed by atoms with E-state index in [-0.39, 0.29) is 11.8 Å². The van der Waals surface area contributed by atoms with Gasteiger partial charge in [-0.25, -0.2) is 0 Å². The Morgan fingerprint density at radius 2 is 1.95 bits per heavy atom. The van der Waals surface area contributed by atoms with Crippen LogP contribution in [0.25, 0.3) is 0 Å². The van der Waals surface area contributed by atoms with E-state index in [0.29, 0.717) is 23.6 Å². The van der Waals surface area contributed by atoms with E-state index in [0.717, 1.165) is 32.4 Å². The van der Waals surface area contributed by atoms with Crippen molar-refractivity contribution in [2.75, 3.05) is 25.5 Å². The van der Waals surface area contributed by atoms with Gasteiger partial charge in [-0.15, -0.1) is 0 Å². The lowest BCUT2D eigenvalue weighted by molar-refractivity contribution is -0.116. The quantitative estimate of drug-likeness (QED) is 0.773. The van der Waals surface area contributed by atoms with Crippen LogP contribution in [-0.2, 0) is 4.79 Å². The fourth-order valence-corrected chi connectivity index (χ4v) is 2.64. The van der Waals surface area contributed by atoms with E-state index in [1.165, 1.54) is 0 Å². The molecule has 1 aromatic rings. The third-order valence-corrected chi connectivity index (χ3v) is 3.91. The summed E-state index contributed by atoms with van der Waals surface area (Å²) in [6.07, 6.45) is 3.70. The monoisotopic (exact) mass is 289 g/mol. The van der Waals surface area contributed by atoms with Gasteiger partial charge in [0.2, 0.25) is 5.91 Å². The highest BCUT2D eigenvalue weighted by molar-refractivity contribution is 6.03. The number of benzene rings is 1. The van der Waals surface area contributed by atoms with Crippen LogP contribution in [0.4, 0.5) is 5.69 Å². The normalized spacial score (nSPS) is 15.5. The lowest BCUT2D eigenvalue weighted by Crippen LogP contribution is -2.28. The molecule has 1 aromatic carbocycles. The first kappa shape index (κ1) is 15.5. The minimum atomic E-state index is -0.191. The number of carbonyl (C=O) groups excluding carboxylic acids is 2. The lowest BCUT2D eigenvalue weighted by Gasteiger charge is -2.22. The minimum absolute atomic E-state index is 0.0233. The first-order valence-electron chi connectivity index (χ1n) is 7.52. The van der Waals surface area contributed by atoms with Gasteiger partial charge in [0.1, 0.15) is 0 Å². The zero-order valence-corrected chi connectivity index (χ0v) is 12.4. The fourth-order valence-electron chi connectivity index (χ4n) is 2.64. The van der Waals surface area contributed by atoms with Crippen molar-refractivity contribution in [3.05, 3.63) is 29.8 Å². The molecule has 2 rings (SSSR count). The predicted molar refractivity (Wildman–Crippen MR) is 83.3 cm³/mol. The third-order valence-electron chi connectivity index (χ3n) is 3.91. The van der Waals surface area contributed by atoms with Gasteiger partial charge >= 0.3 is 0 Å². The number of nitrogens with one attached hydrogen (secondary N) is 3. The van der Waals surface area contributed by atoms with Gasteiger partial charge in [0.15, 0.2) is 0 Å². The smallest absolute Gasteiger partial charge is 0.253 e. The van der Waals surface area contributed by atoms with Gasteiger partial charge in [0.05, 0.1) is 11.3 Å². The Hall–Kier alpha value is -1.88. The summed E-state index contributed by atoms with van der Waals surface area (Å²) < 4.78 is 0. The fraction of sp³-hybridized carbons (Fsp3) is 0.500. The Kier molecular flexibility index (Phi) is 5.75. The second-order valence-electron chi connectivity index (χ2n) is 5.40. The van der Waals surface area contributed by atoms with E-state index in [1.807, 2.05) is 6.07 Å².